The van der Waals surface area contributed by atoms with Gasteiger partial charge in [-0.05, 0) is 19.9 Å². The summed E-state index contributed by atoms with van der Waals surface area (Å²) in [5, 5.41) is 3.19. The Bertz CT molecular complexity index is 160. The number of carbonyl (C=O) groups is 1. The normalized spacial score (nSPS) is 12.5. The van der Waals surface area contributed by atoms with Gasteiger partial charge in [-0.2, -0.15) is 0 Å². The van der Waals surface area contributed by atoms with E-state index in [1.807, 2.05) is 13.8 Å². The maximum Gasteiger partial charge on any atom is 0.307 e. The van der Waals surface area contributed by atoms with Gasteiger partial charge >= 0.3 is 5.97 Å². The predicted molar refractivity (Wildman–Crippen MR) is 62.9 cm³/mol. The second kappa shape index (κ2) is 9.97. The van der Waals surface area contributed by atoms with Gasteiger partial charge in [0.2, 0.25) is 0 Å². The van der Waals surface area contributed by atoms with Crippen LogP contribution in [0.1, 0.15) is 52.9 Å². The molecule has 0 saturated carbocycles. The van der Waals surface area contributed by atoms with E-state index in [0.29, 0.717) is 13.0 Å². The molecule has 0 spiro atoms. The third-order valence-electron chi connectivity index (χ3n) is 2.29. The van der Waals surface area contributed by atoms with E-state index in [4.69, 9.17) is 4.74 Å². The molecule has 3 nitrogen and oxygen atoms in total. The van der Waals surface area contributed by atoms with E-state index >= 15 is 0 Å². The first-order chi connectivity index (χ1) is 7.20. The Labute approximate surface area is 93.6 Å². The third-order valence-corrected chi connectivity index (χ3v) is 2.29. The Morgan fingerprint density at radius 2 is 2.00 bits per heavy atom. The zero-order valence-electron chi connectivity index (χ0n) is 10.3. The molecule has 0 aromatic rings. The Hall–Kier alpha value is -0.570. The highest BCUT2D eigenvalue weighted by atomic mass is 16.5. The lowest BCUT2D eigenvalue weighted by Gasteiger charge is -2.11. The van der Waals surface area contributed by atoms with Gasteiger partial charge in [0.1, 0.15) is 0 Å². The first kappa shape index (κ1) is 14.4. The van der Waals surface area contributed by atoms with Crippen LogP contribution >= 0.6 is 0 Å². The fraction of sp³-hybridized carbons (Fsp3) is 0.917. The van der Waals surface area contributed by atoms with Crippen molar-refractivity contribution in [3.05, 3.63) is 0 Å². The molecule has 90 valence electrons. The largest absolute Gasteiger partial charge is 0.466 e. The highest BCUT2D eigenvalue weighted by Gasteiger charge is 2.08. The fourth-order valence-electron chi connectivity index (χ4n) is 1.44. The lowest BCUT2D eigenvalue weighted by Crippen LogP contribution is -2.28. The van der Waals surface area contributed by atoms with Crippen molar-refractivity contribution in [3.8, 4) is 0 Å². The zero-order chi connectivity index (χ0) is 11.5. The summed E-state index contributed by atoms with van der Waals surface area (Å²) in [6.07, 6.45) is 5.07. The summed E-state index contributed by atoms with van der Waals surface area (Å²) in [6.45, 7) is 7.68. The van der Waals surface area contributed by atoms with E-state index in [0.717, 1.165) is 19.4 Å². The monoisotopic (exact) mass is 215 g/mol. The van der Waals surface area contributed by atoms with Gasteiger partial charge in [0.25, 0.3) is 0 Å². The number of nitrogens with one attached hydrogen (secondary N) is 1. The maximum atomic E-state index is 11.3. The van der Waals surface area contributed by atoms with E-state index in [1.165, 1.54) is 12.8 Å². The summed E-state index contributed by atoms with van der Waals surface area (Å²) in [5.41, 5.74) is 0. The van der Waals surface area contributed by atoms with Crippen LogP contribution < -0.4 is 5.32 Å². The van der Waals surface area contributed by atoms with Crippen LogP contribution in [0.5, 0.6) is 0 Å². The van der Waals surface area contributed by atoms with Crippen LogP contribution in [0.4, 0.5) is 0 Å². The van der Waals surface area contributed by atoms with Gasteiger partial charge in [-0.15, -0.1) is 0 Å². The molecule has 0 aliphatic rings. The summed E-state index contributed by atoms with van der Waals surface area (Å²) >= 11 is 0. The van der Waals surface area contributed by atoms with Crippen molar-refractivity contribution >= 4 is 5.97 Å². The Kier molecular flexibility index (Phi) is 9.59. The molecule has 0 saturated heterocycles. The lowest BCUT2D eigenvalue weighted by atomic mass is 10.2. The van der Waals surface area contributed by atoms with Crippen LogP contribution in [0, 0.1) is 0 Å². The van der Waals surface area contributed by atoms with Gasteiger partial charge in [-0.25, -0.2) is 0 Å². The summed E-state index contributed by atoms with van der Waals surface area (Å²) in [6, 6.07) is 0.221. The number of hydrogen-bond donors (Lipinski definition) is 1. The number of hydrogen-bond acceptors (Lipinski definition) is 3. The number of ether oxygens (including phenoxy) is 1. The Morgan fingerprint density at radius 1 is 1.27 bits per heavy atom. The smallest absolute Gasteiger partial charge is 0.307 e. The zero-order valence-corrected chi connectivity index (χ0v) is 10.3. The van der Waals surface area contributed by atoms with Crippen LogP contribution in [0.3, 0.4) is 0 Å². The first-order valence-electron chi connectivity index (χ1n) is 6.09. The molecule has 0 aromatic heterocycles. The average Bonchev–Trinajstić information content (AvgIpc) is 2.17. The molecule has 3 heteroatoms. The van der Waals surface area contributed by atoms with Crippen molar-refractivity contribution in [2.24, 2.45) is 0 Å². The number of carbonyl (C=O) groups excluding carboxylic acids is 1. The molecule has 1 unspecified atom stereocenters. The van der Waals surface area contributed by atoms with E-state index in [-0.39, 0.29) is 12.0 Å². The summed E-state index contributed by atoms with van der Waals surface area (Å²) < 4.78 is 5.13. The number of rotatable bonds is 9. The van der Waals surface area contributed by atoms with Gasteiger partial charge in [-0.1, -0.05) is 33.1 Å². The van der Waals surface area contributed by atoms with Gasteiger partial charge in [0.05, 0.1) is 13.0 Å². The summed E-state index contributed by atoms with van der Waals surface area (Å²) in [4.78, 5) is 11.3. The van der Waals surface area contributed by atoms with Gasteiger partial charge in [0.15, 0.2) is 0 Å². The molecular weight excluding hydrogens is 190 g/mol. The van der Waals surface area contributed by atoms with Crippen molar-refractivity contribution in [3.63, 3.8) is 0 Å². The van der Waals surface area contributed by atoms with Gasteiger partial charge in [0, 0.05) is 6.04 Å². The quantitative estimate of drug-likeness (QED) is 0.474. The number of unbranched alkanes of at least 4 members (excludes halogenated alkanes) is 3. The highest BCUT2D eigenvalue weighted by Crippen LogP contribution is 2.00. The maximum absolute atomic E-state index is 11.3. The molecule has 0 heterocycles. The molecule has 1 N–H and O–H groups in total. The van der Waals surface area contributed by atoms with Crippen LogP contribution in [0.15, 0.2) is 0 Å². The molecule has 0 amide bonds. The minimum absolute atomic E-state index is 0.0834. The first-order valence-corrected chi connectivity index (χ1v) is 6.09. The molecule has 1 atom stereocenters. The molecule has 0 aliphatic carbocycles. The van der Waals surface area contributed by atoms with E-state index in [9.17, 15) is 4.79 Å². The van der Waals surface area contributed by atoms with Gasteiger partial charge in [-0.3, -0.25) is 4.79 Å². The second-order valence-electron chi connectivity index (χ2n) is 3.94. The second-order valence-corrected chi connectivity index (χ2v) is 3.94. The van der Waals surface area contributed by atoms with Crippen molar-refractivity contribution in [2.45, 2.75) is 58.9 Å². The van der Waals surface area contributed by atoms with E-state index in [1.54, 1.807) is 0 Å². The minimum Gasteiger partial charge on any atom is -0.466 e. The van der Waals surface area contributed by atoms with Crippen molar-refractivity contribution in [1.82, 2.24) is 5.32 Å². The van der Waals surface area contributed by atoms with Crippen molar-refractivity contribution in [1.29, 1.82) is 0 Å². The minimum atomic E-state index is -0.0834. The molecule has 0 bridgehead atoms. The summed E-state index contributed by atoms with van der Waals surface area (Å²) in [5.74, 6) is -0.0834. The average molecular weight is 215 g/mol. The Morgan fingerprint density at radius 3 is 2.60 bits per heavy atom. The molecule has 0 rings (SSSR count). The van der Waals surface area contributed by atoms with Gasteiger partial charge < -0.3 is 10.1 Å². The highest BCUT2D eigenvalue weighted by molar-refractivity contribution is 5.70. The molecular formula is C12H25NO2. The number of esters is 1. The molecule has 15 heavy (non-hydrogen) atoms. The van der Waals surface area contributed by atoms with Crippen molar-refractivity contribution in [2.75, 3.05) is 13.2 Å². The molecule has 0 radical (unpaired) electrons. The fourth-order valence-corrected chi connectivity index (χ4v) is 1.44. The van der Waals surface area contributed by atoms with Crippen LogP contribution in [0.25, 0.3) is 0 Å². The van der Waals surface area contributed by atoms with Crippen LogP contribution in [-0.4, -0.2) is 25.2 Å². The topological polar surface area (TPSA) is 38.3 Å². The predicted octanol–water partition coefficient (Wildman–Crippen LogP) is 2.50. The molecule has 0 aromatic carbocycles. The van der Waals surface area contributed by atoms with Crippen LogP contribution in [-0.2, 0) is 9.53 Å². The lowest BCUT2D eigenvalue weighted by molar-refractivity contribution is -0.144. The SMILES string of the molecule is CCCCCCOC(=O)CC(C)NCC. The summed E-state index contributed by atoms with van der Waals surface area (Å²) in [7, 11) is 0. The van der Waals surface area contributed by atoms with E-state index < -0.39 is 0 Å². The Balaban J connectivity index is 3.32. The van der Waals surface area contributed by atoms with E-state index in [2.05, 4.69) is 12.2 Å². The molecule has 0 aliphatic heterocycles. The molecule has 0 fully saturated rings. The standard InChI is InChI=1S/C12H25NO2/c1-4-6-7-8-9-15-12(14)10-11(3)13-5-2/h11,13H,4-10H2,1-3H3. The van der Waals surface area contributed by atoms with Crippen molar-refractivity contribution < 1.29 is 9.53 Å². The third kappa shape index (κ3) is 9.73. The van der Waals surface area contributed by atoms with Crippen LogP contribution in [0.2, 0.25) is 0 Å².